The quantitative estimate of drug-likeness (QED) is 0.503. The predicted molar refractivity (Wildman–Crippen MR) is 53.1 cm³/mol. The molecule has 0 aromatic carbocycles. The van der Waals surface area contributed by atoms with Crippen LogP contribution in [0.25, 0.3) is 0 Å². The van der Waals surface area contributed by atoms with Gasteiger partial charge >= 0.3 is 0 Å². The van der Waals surface area contributed by atoms with E-state index in [4.69, 9.17) is 0 Å². The zero-order valence-corrected chi connectivity index (χ0v) is 8.28. The van der Waals surface area contributed by atoms with Crippen molar-refractivity contribution in [2.24, 2.45) is 11.3 Å². The van der Waals surface area contributed by atoms with E-state index < -0.39 is 0 Å². The van der Waals surface area contributed by atoms with Gasteiger partial charge in [0.1, 0.15) is 0 Å². The van der Waals surface area contributed by atoms with Crippen LogP contribution in [0.2, 0.25) is 12.6 Å². The third kappa shape index (κ3) is 1.69. The minimum absolute atomic E-state index is 0.545. The number of hydrogen-bond acceptors (Lipinski definition) is 0. The molecule has 0 nitrogen and oxygen atoms in total. The van der Waals surface area contributed by atoms with Crippen molar-refractivity contribution < 1.29 is 0 Å². The second-order valence-electron chi connectivity index (χ2n) is 4.87. The maximum absolute atomic E-state index is 4.04. The molecule has 1 rings (SSSR count). The van der Waals surface area contributed by atoms with E-state index in [0.717, 1.165) is 12.6 Å². The van der Waals surface area contributed by atoms with Gasteiger partial charge in [-0.3, -0.25) is 0 Å². The molecule has 0 saturated carbocycles. The maximum Gasteiger partial charge on any atom is 0.170 e. The van der Waals surface area contributed by atoms with Gasteiger partial charge in [0, 0.05) is 0 Å². The zero-order valence-electron chi connectivity index (χ0n) is 8.28. The van der Waals surface area contributed by atoms with Crippen LogP contribution in [-0.4, -0.2) is 6.71 Å². The first-order valence-electron chi connectivity index (χ1n) is 4.59. The third-order valence-corrected chi connectivity index (χ3v) is 3.44. The highest BCUT2D eigenvalue weighted by Crippen LogP contribution is 2.44. The lowest BCUT2D eigenvalue weighted by molar-refractivity contribution is 0.306. The zero-order chi connectivity index (χ0) is 8.65. The van der Waals surface area contributed by atoms with E-state index in [0.29, 0.717) is 5.41 Å². The average Bonchev–Trinajstić information content (AvgIpc) is 2.08. The Kier molecular flexibility index (Phi) is 2.18. The summed E-state index contributed by atoms with van der Waals surface area (Å²) in [6.07, 6.45) is 2.69. The Hall–Kier alpha value is -0.195. The summed E-state index contributed by atoms with van der Waals surface area (Å²) in [5.41, 5.74) is 1.92. The molecule has 1 saturated heterocycles. The molecule has 11 heavy (non-hydrogen) atoms. The number of allylic oxidation sites excluding steroid dienone is 1. The van der Waals surface area contributed by atoms with Gasteiger partial charge in [-0.1, -0.05) is 40.3 Å². The summed E-state index contributed by atoms with van der Waals surface area (Å²) < 4.78 is 0. The fourth-order valence-electron chi connectivity index (χ4n) is 2.04. The largest absolute Gasteiger partial charge is 0.170 e. The molecule has 1 heterocycles. The minimum Gasteiger partial charge on any atom is -0.111 e. The van der Waals surface area contributed by atoms with Gasteiger partial charge in [0.15, 0.2) is 6.71 Å². The summed E-state index contributed by atoms with van der Waals surface area (Å²) in [5.74, 6) is 0.865. The molecule has 0 aliphatic carbocycles. The summed E-state index contributed by atoms with van der Waals surface area (Å²) in [5, 5.41) is 0. The van der Waals surface area contributed by atoms with E-state index in [1.165, 1.54) is 18.1 Å². The van der Waals surface area contributed by atoms with Crippen LogP contribution in [0, 0.1) is 11.3 Å². The van der Waals surface area contributed by atoms with Crippen LogP contribution < -0.4 is 0 Å². The fourth-order valence-corrected chi connectivity index (χ4v) is 2.04. The highest BCUT2D eigenvalue weighted by molar-refractivity contribution is 6.67. The molecule has 1 unspecified atom stereocenters. The number of hydrogen-bond donors (Lipinski definition) is 0. The molecule has 0 bridgehead atoms. The van der Waals surface area contributed by atoms with Crippen LogP contribution in [0.3, 0.4) is 0 Å². The smallest absolute Gasteiger partial charge is 0.111 e. The van der Waals surface area contributed by atoms with Crippen LogP contribution >= 0.6 is 0 Å². The Balaban J connectivity index is 2.64. The van der Waals surface area contributed by atoms with Gasteiger partial charge in [-0.2, -0.15) is 0 Å². The van der Waals surface area contributed by atoms with Crippen molar-refractivity contribution >= 4 is 6.71 Å². The monoisotopic (exact) mass is 150 g/mol. The lowest BCUT2D eigenvalue weighted by Gasteiger charge is -2.23. The van der Waals surface area contributed by atoms with Crippen molar-refractivity contribution in [3.8, 4) is 0 Å². The normalized spacial score (nSPS) is 29.1. The lowest BCUT2D eigenvalue weighted by atomic mass is 9.42. The van der Waals surface area contributed by atoms with Gasteiger partial charge in [0.2, 0.25) is 0 Å². The molecular formula is C10H19B. The Morgan fingerprint density at radius 2 is 2.09 bits per heavy atom. The Bertz CT molecular complexity index is 170. The molecule has 1 fully saturated rings. The van der Waals surface area contributed by atoms with Gasteiger partial charge < -0.3 is 0 Å². The van der Waals surface area contributed by atoms with Crippen LogP contribution in [0.5, 0.6) is 0 Å². The van der Waals surface area contributed by atoms with Gasteiger partial charge in [-0.15, -0.1) is 12.1 Å². The van der Waals surface area contributed by atoms with E-state index in [1.807, 2.05) is 0 Å². The van der Waals surface area contributed by atoms with Gasteiger partial charge in [0.25, 0.3) is 0 Å². The van der Waals surface area contributed by atoms with Crippen LogP contribution in [0.1, 0.15) is 27.7 Å². The standard InChI is InChI=1S/C10H19B/c1-8(2)11-6-9(3)10(4,5)7-11/h9H,1,6-7H2,2-5H3. The predicted octanol–water partition coefficient (Wildman–Crippen LogP) is 3.27. The van der Waals surface area contributed by atoms with E-state index >= 15 is 0 Å². The first-order valence-corrected chi connectivity index (χ1v) is 4.59. The van der Waals surface area contributed by atoms with Crippen molar-refractivity contribution in [3.05, 3.63) is 12.1 Å². The molecule has 1 heteroatoms. The highest BCUT2D eigenvalue weighted by atomic mass is 14.3. The highest BCUT2D eigenvalue weighted by Gasteiger charge is 2.39. The van der Waals surface area contributed by atoms with E-state index in [1.54, 1.807) is 0 Å². The summed E-state index contributed by atoms with van der Waals surface area (Å²) in [7, 11) is 0. The second kappa shape index (κ2) is 2.69. The topological polar surface area (TPSA) is 0 Å². The van der Waals surface area contributed by atoms with Gasteiger partial charge in [0.05, 0.1) is 0 Å². The maximum atomic E-state index is 4.04. The van der Waals surface area contributed by atoms with Crippen molar-refractivity contribution in [1.82, 2.24) is 0 Å². The van der Waals surface area contributed by atoms with Crippen LogP contribution in [0.15, 0.2) is 12.1 Å². The van der Waals surface area contributed by atoms with Crippen molar-refractivity contribution in [2.75, 3.05) is 0 Å². The molecule has 0 aromatic heterocycles. The molecule has 1 atom stereocenters. The van der Waals surface area contributed by atoms with Crippen molar-refractivity contribution in [2.45, 2.75) is 40.3 Å². The molecule has 0 N–H and O–H groups in total. The van der Waals surface area contributed by atoms with E-state index in [-0.39, 0.29) is 0 Å². The summed E-state index contributed by atoms with van der Waals surface area (Å²) >= 11 is 0. The SMILES string of the molecule is C=C(C)B1CC(C)C(C)(C)C1. The summed E-state index contributed by atoms with van der Waals surface area (Å²) in [6.45, 7) is 14.1. The van der Waals surface area contributed by atoms with E-state index in [9.17, 15) is 0 Å². The third-order valence-electron chi connectivity index (χ3n) is 3.44. The molecule has 0 spiro atoms. The molecule has 1 aliphatic heterocycles. The van der Waals surface area contributed by atoms with E-state index in [2.05, 4.69) is 34.3 Å². The molecule has 0 aromatic rings. The molecular weight excluding hydrogens is 131 g/mol. The Morgan fingerprint density at radius 3 is 2.27 bits per heavy atom. The average molecular weight is 150 g/mol. The van der Waals surface area contributed by atoms with Crippen LogP contribution in [-0.2, 0) is 0 Å². The van der Waals surface area contributed by atoms with Gasteiger partial charge in [-0.25, -0.2) is 0 Å². The van der Waals surface area contributed by atoms with Crippen LogP contribution in [0.4, 0.5) is 0 Å². The Morgan fingerprint density at radius 1 is 1.55 bits per heavy atom. The van der Waals surface area contributed by atoms with Crippen molar-refractivity contribution in [1.29, 1.82) is 0 Å². The minimum atomic E-state index is 0.545. The molecule has 62 valence electrons. The molecule has 0 radical (unpaired) electrons. The fraction of sp³-hybridized carbons (Fsp3) is 0.800. The second-order valence-corrected chi connectivity index (χ2v) is 4.87. The molecule has 0 amide bonds. The first-order chi connectivity index (χ1) is 4.93. The van der Waals surface area contributed by atoms with Crippen molar-refractivity contribution in [3.63, 3.8) is 0 Å². The summed E-state index contributed by atoms with van der Waals surface area (Å²) in [6, 6.07) is 0. The van der Waals surface area contributed by atoms with Gasteiger partial charge in [-0.05, 0) is 11.3 Å². The number of rotatable bonds is 1. The molecule has 1 aliphatic rings. The first kappa shape index (κ1) is 8.90. The summed E-state index contributed by atoms with van der Waals surface area (Å²) in [4.78, 5) is 0. The Labute approximate surface area is 71.2 Å². The lowest BCUT2D eigenvalue weighted by Crippen LogP contribution is -2.14.